The average Bonchev–Trinajstić information content (AvgIpc) is 3.23. The van der Waals surface area contributed by atoms with E-state index in [1.807, 2.05) is 0 Å². The predicted molar refractivity (Wildman–Crippen MR) is 83.4 cm³/mol. The summed E-state index contributed by atoms with van der Waals surface area (Å²) in [6.07, 6.45) is 2.01. The third-order valence-electron chi connectivity index (χ3n) is 3.59. The maximum absolute atomic E-state index is 12.1. The summed E-state index contributed by atoms with van der Waals surface area (Å²) in [5.74, 6) is -0.705. The molecular formula is C15H20ClN3O2. The highest BCUT2D eigenvalue weighted by molar-refractivity contribution is 6.34. The number of amides is 2. The van der Waals surface area contributed by atoms with Crippen molar-refractivity contribution < 1.29 is 9.59 Å². The molecule has 2 amide bonds. The lowest BCUT2D eigenvalue weighted by Crippen LogP contribution is -2.34. The van der Waals surface area contributed by atoms with Crippen molar-refractivity contribution in [3.63, 3.8) is 0 Å². The summed E-state index contributed by atoms with van der Waals surface area (Å²) in [5.41, 5.74) is 6.62. The molecule has 0 heterocycles. The van der Waals surface area contributed by atoms with Crippen molar-refractivity contribution in [3.8, 4) is 0 Å². The lowest BCUT2D eigenvalue weighted by atomic mass is 10.0. The van der Waals surface area contributed by atoms with Gasteiger partial charge in [0.1, 0.15) is 0 Å². The van der Waals surface area contributed by atoms with Gasteiger partial charge < -0.3 is 16.4 Å². The predicted octanol–water partition coefficient (Wildman–Crippen LogP) is 2.15. The first-order chi connectivity index (χ1) is 9.88. The number of hydrogen-bond donors (Lipinski definition) is 3. The van der Waals surface area contributed by atoms with Crippen LogP contribution in [0.2, 0.25) is 5.02 Å². The summed E-state index contributed by atoms with van der Waals surface area (Å²) in [6.45, 7) is 3.54. The normalized spacial score (nSPS) is 17.0. The first-order valence-electron chi connectivity index (χ1n) is 7.05. The van der Waals surface area contributed by atoms with Crippen molar-refractivity contribution in [2.45, 2.75) is 38.8 Å². The van der Waals surface area contributed by atoms with E-state index in [2.05, 4.69) is 10.6 Å². The fourth-order valence-electron chi connectivity index (χ4n) is 1.76. The molecule has 1 fully saturated rings. The zero-order valence-corrected chi connectivity index (χ0v) is 12.9. The van der Waals surface area contributed by atoms with E-state index < -0.39 is 0 Å². The molecule has 1 aliphatic rings. The summed E-state index contributed by atoms with van der Waals surface area (Å²) in [5, 5.41) is 6.00. The molecule has 1 aromatic carbocycles. The first-order valence-corrected chi connectivity index (χ1v) is 7.43. The molecule has 4 N–H and O–H groups in total. The number of nitrogens with one attached hydrogen (secondary N) is 2. The van der Waals surface area contributed by atoms with Crippen molar-refractivity contribution in [1.29, 1.82) is 0 Å². The van der Waals surface area contributed by atoms with Crippen LogP contribution in [0.25, 0.3) is 0 Å². The van der Waals surface area contributed by atoms with Crippen molar-refractivity contribution in [2.75, 3.05) is 5.32 Å². The highest BCUT2D eigenvalue weighted by Crippen LogP contribution is 2.24. The van der Waals surface area contributed by atoms with Crippen LogP contribution in [0, 0.1) is 5.92 Å². The Balaban J connectivity index is 2.10. The van der Waals surface area contributed by atoms with Gasteiger partial charge in [0.2, 0.25) is 5.91 Å². The zero-order chi connectivity index (χ0) is 15.6. The maximum Gasteiger partial charge on any atom is 0.253 e. The standard InChI is InChI=1S/C15H20ClN3O2/c1-8(9(2)17)14(20)19-11-5-6-13(16)12(7-11)15(21)18-10-3-4-10/h5-10H,3-4,17H2,1-2H3,(H,18,21)(H,19,20). The van der Waals surface area contributed by atoms with Gasteiger partial charge in [0.15, 0.2) is 0 Å². The van der Waals surface area contributed by atoms with Crippen LogP contribution in [0.15, 0.2) is 18.2 Å². The van der Waals surface area contributed by atoms with Gasteiger partial charge in [-0.3, -0.25) is 9.59 Å². The van der Waals surface area contributed by atoms with Gasteiger partial charge in [0.25, 0.3) is 5.91 Å². The van der Waals surface area contributed by atoms with Crippen LogP contribution in [-0.4, -0.2) is 23.9 Å². The third-order valence-corrected chi connectivity index (χ3v) is 3.92. The summed E-state index contributed by atoms with van der Waals surface area (Å²) in [6, 6.07) is 4.88. The molecule has 5 nitrogen and oxygen atoms in total. The lowest BCUT2D eigenvalue weighted by molar-refractivity contribution is -0.119. The van der Waals surface area contributed by atoms with Crippen molar-refractivity contribution in [1.82, 2.24) is 5.32 Å². The molecule has 21 heavy (non-hydrogen) atoms. The second kappa shape index (κ2) is 6.45. The molecule has 1 saturated carbocycles. The van der Waals surface area contributed by atoms with Crippen molar-refractivity contribution in [3.05, 3.63) is 28.8 Å². The van der Waals surface area contributed by atoms with Gasteiger partial charge in [-0.05, 0) is 38.0 Å². The summed E-state index contributed by atoms with van der Waals surface area (Å²) < 4.78 is 0. The molecule has 0 saturated heterocycles. The Hall–Kier alpha value is -1.59. The van der Waals surface area contributed by atoms with Gasteiger partial charge in [0.05, 0.1) is 16.5 Å². The van der Waals surface area contributed by atoms with E-state index in [1.54, 1.807) is 32.0 Å². The minimum absolute atomic E-state index is 0.180. The summed E-state index contributed by atoms with van der Waals surface area (Å²) in [4.78, 5) is 24.1. The minimum atomic E-state index is -0.315. The molecule has 0 bridgehead atoms. The van der Waals surface area contributed by atoms with Gasteiger partial charge in [0, 0.05) is 17.8 Å². The van der Waals surface area contributed by atoms with E-state index in [0.717, 1.165) is 12.8 Å². The topological polar surface area (TPSA) is 84.2 Å². The zero-order valence-electron chi connectivity index (χ0n) is 12.2. The quantitative estimate of drug-likeness (QED) is 0.779. The van der Waals surface area contributed by atoms with Crippen LogP contribution < -0.4 is 16.4 Å². The second-order valence-electron chi connectivity index (χ2n) is 5.58. The van der Waals surface area contributed by atoms with E-state index >= 15 is 0 Å². The molecule has 114 valence electrons. The van der Waals surface area contributed by atoms with Crippen LogP contribution in [-0.2, 0) is 4.79 Å². The molecular weight excluding hydrogens is 290 g/mol. The molecule has 2 rings (SSSR count). The Kier molecular flexibility index (Phi) is 4.85. The van der Waals surface area contributed by atoms with E-state index in [1.165, 1.54) is 0 Å². The number of halogens is 1. The lowest BCUT2D eigenvalue weighted by Gasteiger charge is -2.16. The van der Waals surface area contributed by atoms with Gasteiger partial charge in [-0.1, -0.05) is 18.5 Å². The van der Waals surface area contributed by atoms with Crippen LogP contribution >= 0.6 is 11.6 Å². The fourth-order valence-corrected chi connectivity index (χ4v) is 1.97. The Labute approximate surface area is 129 Å². The molecule has 0 aliphatic heterocycles. The van der Waals surface area contributed by atoms with Gasteiger partial charge in [-0.25, -0.2) is 0 Å². The third kappa shape index (κ3) is 4.19. The number of carbonyl (C=O) groups is 2. The molecule has 0 radical (unpaired) electrons. The van der Waals surface area contributed by atoms with Crippen LogP contribution in [0.1, 0.15) is 37.0 Å². The molecule has 2 atom stereocenters. The highest BCUT2D eigenvalue weighted by atomic mass is 35.5. The number of carbonyl (C=O) groups excluding carboxylic acids is 2. The molecule has 1 aliphatic carbocycles. The minimum Gasteiger partial charge on any atom is -0.349 e. The highest BCUT2D eigenvalue weighted by Gasteiger charge is 2.25. The van der Waals surface area contributed by atoms with Crippen LogP contribution in [0.4, 0.5) is 5.69 Å². The van der Waals surface area contributed by atoms with Gasteiger partial charge in [-0.15, -0.1) is 0 Å². The monoisotopic (exact) mass is 309 g/mol. The molecule has 2 unspecified atom stereocenters. The molecule has 1 aromatic rings. The van der Waals surface area contributed by atoms with Crippen molar-refractivity contribution >= 4 is 29.1 Å². The van der Waals surface area contributed by atoms with E-state index in [0.29, 0.717) is 16.3 Å². The maximum atomic E-state index is 12.1. The number of anilines is 1. The number of hydrogen-bond acceptors (Lipinski definition) is 3. The second-order valence-corrected chi connectivity index (χ2v) is 5.99. The number of rotatable bonds is 5. The number of benzene rings is 1. The smallest absolute Gasteiger partial charge is 0.253 e. The van der Waals surface area contributed by atoms with Gasteiger partial charge in [-0.2, -0.15) is 0 Å². The average molecular weight is 310 g/mol. The summed E-state index contributed by atoms with van der Waals surface area (Å²) >= 11 is 6.05. The van der Waals surface area contributed by atoms with Crippen LogP contribution in [0.5, 0.6) is 0 Å². The molecule has 0 aromatic heterocycles. The SMILES string of the molecule is CC(N)C(C)C(=O)Nc1ccc(Cl)c(C(=O)NC2CC2)c1. The summed E-state index contributed by atoms with van der Waals surface area (Å²) in [7, 11) is 0. The largest absolute Gasteiger partial charge is 0.349 e. The van der Waals surface area contributed by atoms with E-state index in [9.17, 15) is 9.59 Å². The number of nitrogens with two attached hydrogens (primary N) is 1. The van der Waals surface area contributed by atoms with Crippen LogP contribution in [0.3, 0.4) is 0 Å². The van der Waals surface area contributed by atoms with E-state index in [-0.39, 0.29) is 29.8 Å². The molecule has 0 spiro atoms. The van der Waals surface area contributed by atoms with Gasteiger partial charge >= 0.3 is 0 Å². The fraction of sp³-hybridized carbons (Fsp3) is 0.467. The Morgan fingerprint density at radius 3 is 2.57 bits per heavy atom. The Morgan fingerprint density at radius 2 is 2.00 bits per heavy atom. The van der Waals surface area contributed by atoms with E-state index in [4.69, 9.17) is 17.3 Å². The van der Waals surface area contributed by atoms with Crippen molar-refractivity contribution in [2.24, 2.45) is 11.7 Å². The Bertz CT molecular complexity index is 556. The molecule has 6 heteroatoms. The Morgan fingerprint density at radius 1 is 1.33 bits per heavy atom. The first kappa shape index (κ1) is 15.8.